The quantitative estimate of drug-likeness (QED) is 0.538. The fraction of sp³-hybridized carbons (Fsp3) is 0.600. The molecule has 78 valence electrons. The van der Waals surface area contributed by atoms with Gasteiger partial charge in [0.15, 0.2) is 0 Å². The lowest BCUT2D eigenvalue weighted by Gasteiger charge is -1.96. The third kappa shape index (κ3) is 3.96. The first kappa shape index (κ1) is 11.3. The minimum absolute atomic E-state index is 0.328. The number of aryl methyl sites for hydroxylation is 1. The van der Waals surface area contributed by atoms with Crippen molar-refractivity contribution in [1.29, 1.82) is 0 Å². The molecule has 0 spiro atoms. The highest BCUT2D eigenvalue weighted by Crippen LogP contribution is 2.18. The minimum atomic E-state index is 0.328. The van der Waals surface area contributed by atoms with Gasteiger partial charge in [-0.05, 0) is 13.3 Å². The second kappa shape index (κ2) is 5.86. The molecule has 0 radical (unpaired) electrons. The summed E-state index contributed by atoms with van der Waals surface area (Å²) in [6, 6.07) is 0. The van der Waals surface area contributed by atoms with Gasteiger partial charge in [-0.1, -0.05) is 18.7 Å². The van der Waals surface area contributed by atoms with Gasteiger partial charge in [0, 0.05) is 18.6 Å². The topological polar surface area (TPSA) is 43.1 Å². The highest BCUT2D eigenvalue weighted by Gasteiger charge is 2.02. The summed E-state index contributed by atoms with van der Waals surface area (Å²) in [7, 11) is 0. The Labute approximate surface area is 88.3 Å². The number of aromatic nitrogens is 1. The van der Waals surface area contributed by atoms with E-state index in [4.69, 9.17) is 4.42 Å². The van der Waals surface area contributed by atoms with Crippen molar-refractivity contribution in [2.75, 3.05) is 5.75 Å². The number of thioether (sulfide) groups is 1. The van der Waals surface area contributed by atoms with Gasteiger partial charge >= 0.3 is 0 Å². The maximum absolute atomic E-state index is 11.0. The number of Topliss-reactive ketones (excluding diaryl/α,β-unsaturated/α-hetero) is 1. The molecule has 0 saturated heterocycles. The Hall–Kier alpha value is -0.770. The number of hydrogen-bond donors (Lipinski definition) is 0. The Kier molecular flexibility index (Phi) is 4.73. The first-order chi connectivity index (χ1) is 6.72. The normalized spacial score (nSPS) is 10.4. The molecule has 0 fully saturated rings. The molecule has 0 aromatic carbocycles. The number of carbonyl (C=O) groups is 1. The molecule has 4 heteroatoms. The van der Waals surface area contributed by atoms with Crippen LogP contribution in [0.2, 0.25) is 0 Å². The molecular formula is C10H15NO2S. The van der Waals surface area contributed by atoms with Crippen LogP contribution in [0, 0.1) is 6.92 Å². The van der Waals surface area contributed by atoms with E-state index in [1.165, 1.54) is 0 Å². The van der Waals surface area contributed by atoms with Crippen molar-refractivity contribution >= 4 is 17.5 Å². The highest BCUT2D eigenvalue weighted by atomic mass is 32.2. The van der Waals surface area contributed by atoms with Crippen molar-refractivity contribution in [3.8, 4) is 0 Å². The van der Waals surface area contributed by atoms with Gasteiger partial charge in [0.1, 0.15) is 12.0 Å². The van der Waals surface area contributed by atoms with Gasteiger partial charge in [0.05, 0.1) is 5.69 Å². The van der Waals surface area contributed by atoms with E-state index in [-0.39, 0.29) is 0 Å². The van der Waals surface area contributed by atoms with Crippen LogP contribution < -0.4 is 0 Å². The van der Waals surface area contributed by atoms with E-state index in [9.17, 15) is 4.79 Å². The van der Waals surface area contributed by atoms with Crippen LogP contribution in [-0.4, -0.2) is 16.5 Å². The number of oxazole rings is 1. The van der Waals surface area contributed by atoms with Crippen LogP contribution in [0.15, 0.2) is 15.9 Å². The van der Waals surface area contributed by atoms with Crippen LogP contribution in [0.4, 0.5) is 0 Å². The number of nitrogens with zero attached hydrogens (tertiary/aromatic N) is 1. The summed E-state index contributed by atoms with van der Waals surface area (Å²) in [6.45, 7) is 3.79. The molecule has 0 unspecified atom stereocenters. The van der Waals surface area contributed by atoms with Crippen molar-refractivity contribution in [3.05, 3.63) is 12.0 Å². The molecule has 1 aromatic heterocycles. The molecule has 0 aliphatic heterocycles. The molecule has 1 aromatic rings. The molecule has 1 heterocycles. The lowest BCUT2D eigenvalue weighted by Crippen LogP contribution is -1.95. The smallest absolute Gasteiger partial charge is 0.255 e. The van der Waals surface area contributed by atoms with Crippen molar-refractivity contribution in [1.82, 2.24) is 4.98 Å². The predicted octanol–water partition coefficient (Wildman–Crippen LogP) is 2.83. The number of rotatable bonds is 6. The summed E-state index contributed by atoms with van der Waals surface area (Å²) in [5.74, 6) is 1.22. The van der Waals surface area contributed by atoms with E-state index < -0.39 is 0 Å². The second-order valence-corrected chi connectivity index (χ2v) is 4.15. The van der Waals surface area contributed by atoms with Gasteiger partial charge in [-0.2, -0.15) is 0 Å². The molecule has 0 bridgehead atoms. The van der Waals surface area contributed by atoms with Gasteiger partial charge in [0.2, 0.25) is 0 Å². The molecule has 3 nitrogen and oxygen atoms in total. The van der Waals surface area contributed by atoms with E-state index in [1.54, 1.807) is 18.0 Å². The molecule has 0 aliphatic rings. The summed E-state index contributed by atoms with van der Waals surface area (Å²) in [5, 5.41) is 0.700. The van der Waals surface area contributed by atoms with Crippen LogP contribution in [-0.2, 0) is 4.79 Å². The highest BCUT2D eigenvalue weighted by molar-refractivity contribution is 7.99. The zero-order chi connectivity index (χ0) is 10.4. The van der Waals surface area contributed by atoms with Crippen LogP contribution in [0.1, 0.15) is 31.9 Å². The summed E-state index contributed by atoms with van der Waals surface area (Å²) in [4.78, 5) is 15.1. The van der Waals surface area contributed by atoms with Crippen LogP contribution in [0.25, 0.3) is 0 Å². The summed E-state index contributed by atoms with van der Waals surface area (Å²) in [5.41, 5.74) is 0.900. The van der Waals surface area contributed by atoms with E-state index in [1.807, 2.05) is 13.8 Å². The van der Waals surface area contributed by atoms with Gasteiger partial charge in [0.25, 0.3) is 5.22 Å². The average molecular weight is 213 g/mol. The molecule has 1 rings (SSSR count). The molecule has 0 amide bonds. The Morgan fingerprint density at radius 2 is 2.43 bits per heavy atom. The SMILES string of the molecule is CCC(=O)CCCSc1nc(C)co1. The second-order valence-electron chi connectivity index (χ2n) is 3.10. The maximum Gasteiger partial charge on any atom is 0.255 e. The lowest BCUT2D eigenvalue weighted by molar-refractivity contribution is -0.118. The van der Waals surface area contributed by atoms with E-state index >= 15 is 0 Å². The zero-order valence-corrected chi connectivity index (χ0v) is 9.39. The fourth-order valence-electron chi connectivity index (χ4n) is 1.00. The Morgan fingerprint density at radius 3 is 3.00 bits per heavy atom. The monoisotopic (exact) mass is 213 g/mol. The first-order valence-electron chi connectivity index (χ1n) is 4.79. The van der Waals surface area contributed by atoms with Gasteiger partial charge in [-0.25, -0.2) is 4.98 Å². The maximum atomic E-state index is 11.0. The van der Waals surface area contributed by atoms with Gasteiger partial charge < -0.3 is 4.42 Å². The summed E-state index contributed by atoms with van der Waals surface area (Å²) >= 11 is 1.56. The van der Waals surface area contributed by atoms with Crippen LogP contribution in [0.3, 0.4) is 0 Å². The van der Waals surface area contributed by atoms with Gasteiger partial charge in [-0.15, -0.1) is 0 Å². The van der Waals surface area contributed by atoms with Crippen LogP contribution in [0.5, 0.6) is 0 Å². The largest absolute Gasteiger partial charge is 0.440 e. The zero-order valence-electron chi connectivity index (χ0n) is 8.58. The van der Waals surface area contributed by atoms with Crippen molar-refractivity contribution in [2.45, 2.75) is 38.3 Å². The third-order valence-electron chi connectivity index (χ3n) is 1.82. The molecule has 14 heavy (non-hydrogen) atoms. The third-order valence-corrected chi connectivity index (χ3v) is 2.75. The Balaban J connectivity index is 2.13. The van der Waals surface area contributed by atoms with Crippen molar-refractivity contribution in [3.63, 3.8) is 0 Å². The van der Waals surface area contributed by atoms with Crippen LogP contribution >= 0.6 is 11.8 Å². The summed E-state index contributed by atoms with van der Waals surface area (Å²) < 4.78 is 5.16. The Morgan fingerprint density at radius 1 is 1.64 bits per heavy atom. The fourth-order valence-corrected chi connectivity index (χ4v) is 1.79. The first-order valence-corrected chi connectivity index (χ1v) is 5.77. The van der Waals surface area contributed by atoms with E-state index in [0.29, 0.717) is 23.8 Å². The van der Waals surface area contributed by atoms with E-state index in [2.05, 4.69) is 4.98 Å². The number of carbonyl (C=O) groups excluding carboxylic acids is 1. The van der Waals surface area contributed by atoms with Gasteiger partial charge in [-0.3, -0.25) is 4.79 Å². The molecule has 0 atom stereocenters. The minimum Gasteiger partial charge on any atom is -0.440 e. The molecule has 0 N–H and O–H groups in total. The number of hydrogen-bond acceptors (Lipinski definition) is 4. The molecule has 0 saturated carbocycles. The van der Waals surface area contributed by atoms with E-state index in [0.717, 1.165) is 17.9 Å². The Bertz CT molecular complexity index is 296. The van der Waals surface area contributed by atoms with Crippen molar-refractivity contribution < 1.29 is 9.21 Å². The molecule has 0 aliphatic carbocycles. The summed E-state index contributed by atoms with van der Waals surface area (Å²) in [6.07, 6.45) is 3.85. The van der Waals surface area contributed by atoms with Crippen molar-refractivity contribution in [2.24, 2.45) is 0 Å². The number of ketones is 1. The molecular weight excluding hydrogens is 198 g/mol. The predicted molar refractivity (Wildman–Crippen MR) is 56.5 cm³/mol. The lowest BCUT2D eigenvalue weighted by atomic mass is 10.2. The average Bonchev–Trinajstić information content (AvgIpc) is 2.58. The standard InChI is InChI=1S/C10H15NO2S/c1-3-9(12)5-4-6-14-10-11-8(2)7-13-10/h7H,3-6H2,1-2H3.